The van der Waals surface area contributed by atoms with Gasteiger partial charge < -0.3 is 14.5 Å². The summed E-state index contributed by atoms with van der Waals surface area (Å²) < 4.78 is 141. The largest absolute Gasteiger partial charge is 0.331 e. The lowest BCUT2D eigenvalue weighted by Gasteiger charge is -2.21. The third-order valence-electron chi connectivity index (χ3n) is 10.5. The summed E-state index contributed by atoms with van der Waals surface area (Å²) in [6, 6.07) is 15.9. The molecule has 65 heavy (non-hydrogen) atoms. The lowest BCUT2D eigenvalue weighted by molar-refractivity contribution is 0.302. The van der Waals surface area contributed by atoms with E-state index in [1.807, 2.05) is 19.0 Å². The Balaban J connectivity index is 0.000000216. The molecule has 0 saturated carbocycles. The Morgan fingerprint density at radius 2 is 1.17 bits per heavy atom. The van der Waals surface area contributed by atoms with Crippen LogP contribution in [0.15, 0.2) is 95.2 Å². The molecule has 348 valence electrons. The summed E-state index contributed by atoms with van der Waals surface area (Å²) >= 11 is 23.8. The summed E-state index contributed by atoms with van der Waals surface area (Å²) in [6.07, 6.45) is 3.83. The maximum absolute atomic E-state index is 13.8. The molecule has 4 aromatic carbocycles. The quantitative estimate of drug-likeness (QED) is 0.0844. The number of hydrogen-bond donors (Lipinski definition) is 2. The highest BCUT2D eigenvalue weighted by Gasteiger charge is 2.36. The highest BCUT2D eigenvalue weighted by Crippen LogP contribution is 2.37. The smallest absolute Gasteiger partial charge is 0.311 e. The molecular weight excluding hydrogens is 1000 g/mol. The maximum Gasteiger partial charge on any atom is 0.311 e. The van der Waals surface area contributed by atoms with Crippen LogP contribution in [0.4, 0.5) is 17.6 Å². The molecule has 1 aliphatic rings. The van der Waals surface area contributed by atoms with E-state index in [9.17, 15) is 47.4 Å². The summed E-state index contributed by atoms with van der Waals surface area (Å²) in [5, 5.41) is -1.35. The highest BCUT2D eigenvalue weighted by atomic mass is 35.5. The second-order valence-electron chi connectivity index (χ2n) is 15.2. The normalized spacial score (nSPS) is 15.0. The molecule has 1 atom stereocenters. The molecule has 3 heterocycles. The Kier molecular flexibility index (Phi) is 15.5. The molecule has 13 nitrogen and oxygen atoms in total. The number of likely N-dealkylation sites (N-methyl/N-ethyl adjacent to an activating group) is 1. The molecule has 2 aromatic heterocycles. The van der Waals surface area contributed by atoms with Crippen molar-refractivity contribution in [2.24, 2.45) is 0 Å². The van der Waals surface area contributed by atoms with Gasteiger partial charge in [-0.15, -0.1) is 0 Å². The van der Waals surface area contributed by atoms with E-state index in [1.54, 1.807) is 0 Å². The van der Waals surface area contributed by atoms with Crippen molar-refractivity contribution in [3.05, 3.63) is 162 Å². The lowest BCUT2D eigenvalue weighted by Crippen LogP contribution is -2.34. The fraction of sp³-hybridized carbons (Fsp3) is 0.268. The number of aromatic amines is 1. The number of sulfonamides is 1. The first-order valence-corrected chi connectivity index (χ1v) is 25.5. The minimum atomic E-state index is -4.77. The van der Waals surface area contributed by atoms with E-state index in [0.29, 0.717) is 35.3 Å². The molecule has 0 radical (unpaired) electrons. The second-order valence-corrected chi connectivity index (χ2v) is 22.3. The topological polar surface area (TPSA) is 176 Å². The van der Waals surface area contributed by atoms with Crippen molar-refractivity contribution in [1.29, 1.82) is 0 Å². The van der Waals surface area contributed by atoms with Gasteiger partial charge in [0.05, 0.1) is 50.1 Å². The van der Waals surface area contributed by atoms with E-state index in [-0.39, 0.29) is 49.4 Å². The molecule has 0 spiro atoms. The van der Waals surface area contributed by atoms with E-state index in [1.165, 1.54) is 71.2 Å². The van der Waals surface area contributed by atoms with Gasteiger partial charge in [0.1, 0.15) is 44.8 Å². The van der Waals surface area contributed by atoms with E-state index in [4.69, 9.17) is 46.4 Å². The van der Waals surface area contributed by atoms with Crippen LogP contribution in [0.2, 0.25) is 20.1 Å². The first kappa shape index (κ1) is 50.3. The van der Waals surface area contributed by atoms with Crippen molar-refractivity contribution in [3.63, 3.8) is 0 Å². The molecule has 1 fully saturated rings. The third kappa shape index (κ3) is 11.7. The molecule has 0 aliphatic carbocycles. The lowest BCUT2D eigenvalue weighted by atomic mass is 9.90. The number of imidazole rings is 2. The first-order chi connectivity index (χ1) is 30.3. The minimum Gasteiger partial charge on any atom is -0.331 e. The summed E-state index contributed by atoms with van der Waals surface area (Å²) in [6.45, 7) is 0.433. The number of benzene rings is 4. The van der Waals surface area contributed by atoms with Crippen LogP contribution in [-0.4, -0.2) is 104 Å². The van der Waals surface area contributed by atoms with Gasteiger partial charge in [0.2, 0.25) is 0 Å². The van der Waals surface area contributed by atoms with Crippen LogP contribution < -0.4 is 0 Å². The predicted molar refractivity (Wildman–Crippen MR) is 239 cm³/mol. The van der Waals surface area contributed by atoms with E-state index < -0.39 is 75.9 Å². The number of aromatic nitrogens is 4. The average molecular weight is 1040 g/mol. The van der Waals surface area contributed by atoms with Crippen LogP contribution in [0.5, 0.6) is 0 Å². The Morgan fingerprint density at radius 3 is 1.55 bits per heavy atom. The fourth-order valence-corrected chi connectivity index (χ4v) is 10.5. The number of hydrogen-bond acceptors (Lipinski definition) is 9. The van der Waals surface area contributed by atoms with Gasteiger partial charge in [-0.3, -0.25) is 4.55 Å². The van der Waals surface area contributed by atoms with Crippen molar-refractivity contribution in [1.82, 2.24) is 28.7 Å². The Labute approximate surface area is 392 Å². The van der Waals surface area contributed by atoms with Crippen molar-refractivity contribution in [2.45, 2.75) is 40.9 Å². The van der Waals surface area contributed by atoms with Gasteiger partial charge in [0, 0.05) is 31.9 Å². The van der Waals surface area contributed by atoms with Crippen LogP contribution in [0, 0.1) is 23.3 Å². The number of nitrogens with zero attached hydrogens (tertiary/aromatic N) is 5. The van der Waals surface area contributed by atoms with Crippen LogP contribution in [-0.2, 0) is 36.5 Å². The third-order valence-corrected chi connectivity index (χ3v) is 15.2. The predicted octanol–water partition coefficient (Wildman–Crippen LogP) is 8.44. The SMILES string of the molecule is CN(C)C1CCN(S(=O)(=O)c2cnc(C(c3ccc(F)c(Cl)c3)c3ccc(F)c(Cl)c3)[nH]2)C1.CS(=O)(=O)CCn1c(S(=O)(=O)O)cnc1C(c1ccc(F)c(Cl)c1)c1ccc(F)c(Cl)c1. The zero-order valence-corrected chi connectivity index (χ0v) is 39.7. The molecule has 1 unspecified atom stereocenters. The molecular formula is C41H38Cl4F4N6O7S3. The molecule has 6 aromatic rings. The maximum atomic E-state index is 13.8. The molecule has 0 amide bonds. The Bertz CT molecular complexity index is 2980. The summed E-state index contributed by atoms with van der Waals surface area (Å²) in [7, 11) is -8.26. The van der Waals surface area contributed by atoms with Gasteiger partial charge in [0.25, 0.3) is 10.0 Å². The molecule has 0 bridgehead atoms. The molecule has 1 saturated heterocycles. The molecule has 1 aliphatic heterocycles. The zero-order valence-electron chi connectivity index (χ0n) is 34.2. The fourth-order valence-electron chi connectivity index (χ4n) is 7.14. The van der Waals surface area contributed by atoms with Gasteiger partial charge in [-0.1, -0.05) is 70.7 Å². The van der Waals surface area contributed by atoms with Crippen molar-refractivity contribution < 1.29 is 47.4 Å². The van der Waals surface area contributed by atoms with Crippen molar-refractivity contribution >= 4 is 76.4 Å². The van der Waals surface area contributed by atoms with E-state index in [2.05, 4.69) is 15.0 Å². The molecule has 2 N–H and O–H groups in total. The minimum absolute atomic E-state index is 0.00775. The Hall–Kier alpha value is -4.09. The number of nitrogens with one attached hydrogen (secondary N) is 1. The van der Waals surface area contributed by atoms with Gasteiger partial charge in [-0.2, -0.15) is 12.7 Å². The number of rotatable bonds is 13. The zero-order chi connectivity index (χ0) is 47.8. The molecule has 24 heteroatoms. The van der Waals surface area contributed by atoms with Gasteiger partial charge in [0.15, 0.2) is 10.1 Å². The van der Waals surface area contributed by atoms with Crippen LogP contribution >= 0.6 is 46.4 Å². The highest BCUT2D eigenvalue weighted by molar-refractivity contribution is 7.90. The van der Waals surface area contributed by atoms with Gasteiger partial charge >= 0.3 is 10.1 Å². The monoisotopic (exact) mass is 1040 g/mol. The van der Waals surface area contributed by atoms with Crippen LogP contribution in [0.1, 0.15) is 52.2 Å². The Morgan fingerprint density at radius 1 is 0.723 bits per heavy atom. The first-order valence-electron chi connectivity index (χ1n) is 19.1. The van der Waals surface area contributed by atoms with Crippen molar-refractivity contribution in [2.75, 3.05) is 39.2 Å². The average Bonchev–Trinajstić information content (AvgIpc) is 4.01. The number of H-pyrrole nitrogens is 1. The van der Waals surface area contributed by atoms with Crippen LogP contribution in [0.25, 0.3) is 0 Å². The van der Waals surface area contributed by atoms with Gasteiger partial charge in [-0.25, -0.2) is 44.4 Å². The summed E-state index contributed by atoms with van der Waals surface area (Å²) in [5.74, 6) is -4.42. The van der Waals surface area contributed by atoms with Crippen LogP contribution in [0.3, 0.4) is 0 Å². The number of halogens is 8. The second kappa shape index (κ2) is 20.0. The molecule has 7 rings (SSSR count). The van der Waals surface area contributed by atoms with Gasteiger partial charge in [-0.05, 0) is 91.3 Å². The number of sulfone groups is 1. The van der Waals surface area contributed by atoms with E-state index >= 15 is 0 Å². The van der Waals surface area contributed by atoms with Crippen molar-refractivity contribution in [3.8, 4) is 0 Å². The summed E-state index contributed by atoms with van der Waals surface area (Å²) in [4.78, 5) is 13.3. The standard InChI is InChI=1S/C22H22Cl2F2N4O2S.C19H16Cl2F2N2O5S2/c1-29(2)15-7-8-30(12-15)33(31,32)20-11-27-22(28-20)21(13-3-5-18(25)16(23)9-13)14-4-6-19(26)17(24)10-14;1-31(26,27)7-6-25-17(32(28,29)30)10-24-19(25)18(11-2-4-15(22)13(20)8-11)12-3-5-16(23)14(21)9-12/h3-6,9-11,15,21H,7-8,12H2,1-2H3,(H,27,28);2-5,8-10,18H,6-7H2,1H3,(H,28,29,30). The van der Waals surface area contributed by atoms with E-state index in [0.717, 1.165) is 35.6 Å². The summed E-state index contributed by atoms with van der Waals surface area (Å²) in [5.41, 5.74) is 1.76.